The average Bonchev–Trinajstić information content (AvgIpc) is 2.47. The Labute approximate surface area is 120 Å². The molecule has 5 heteroatoms. The predicted octanol–water partition coefficient (Wildman–Crippen LogP) is 4.36. The van der Waals surface area contributed by atoms with Crippen molar-refractivity contribution in [3.63, 3.8) is 0 Å². The van der Waals surface area contributed by atoms with E-state index in [1.165, 1.54) is 6.20 Å². The lowest BCUT2D eigenvalue weighted by molar-refractivity contribution is -0.137. The summed E-state index contributed by atoms with van der Waals surface area (Å²) in [5.41, 5.74) is 0.655. The van der Waals surface area contributed by atoms with Crippen molar-refractivity contribution in [2.45, 2.75) is 12.6 Å². The van der Waals surface area contributed by atoms with Gasteiger partial charge in [0.05, 0.1) is 12.7 Å². The molecular weight excluding hydrogens is 279 g/mol. The summed E-state index contributed by atoms with van der Waals surface area (Å²) >= 11 is 0. The molecule has 1 aromatic carbocycles. The Hall–Kier alpha value is -2.30. The summed E-state index contributed by atoms with van der Waals surface area (Å²) in [5.74, 6) is 0.756. The Bertz CT molecular complexity index is 618. The molecule has 0 amide bonds. The number of allylic oxidation sites excluding steroid dienone is 1. The molecule has 0 spiro atoms. The number of pyridine rings is 1. The SMILES string of the molecule is COc1ccc(C=CCc2cc(C(F)(F)F)ccn2)cc1. The van der Waals surface area contributed by atoms with Crippen molar-refractivity contribution in [2.24, 2.45) is 0 Å². The molecule has 0 aliphatic heterocycles. The molecule has 21 heavy (non-hydrogen) atoms. The molecule has 0 N–H and O–H groups in total. The van der Waals surface area contributed by atoms with E-state index in [-0.39, 0.29) is 0 Å². The molecule has 0 aliphatic rings. The van der Waals surface area contributed by atoms with Crippen LogP contribution in [0.3, 0.4) is 0 Å². The topological polar surface area (TPSA) is 22.1 Å². The molecule has 0 aliphatic carbocycles. The van der Waals surface area contributed by atoms with Gasteiger partial charge in [0.25, 0.3) is 0 Å². The fraction of sp³-hybridized carbons (Fsp3) is 0.188. The Morgan fingerprint density at radius 3 is 2.48 bits per heavy atom. The van der Waals surface area contributed by atoms with Crippen molar-refractivity contribution in [3.8, 4) is 5.75 Å². The maximum absolute atomic E-state index is 12.6. The van der Waals surface area contributed by atoms with Crippen molar-refractivity contribution in [1.29, 1.82) is 0 Å². The van der Waals surface area contributed by atoms with E-state index in [0.29, 0.717) is 12.1 Å². The molecule has 0 saturated carbocycles. The molecule has 1 aromatic heterocycles. The van der Waals surface area contributed by atoms with Crippen LogP contribution < -0.4 is 4.74 Å². The molecule has 0 atom stereocenters. The lowest BCUT2D eigenvalue weighted by Crippen LogP contribution is -2.05. The van der Waals surface area contributed by atoms with Crippen LogP contribution in [0.4, 0.5) is 13.2 Å². The van der Waals surface area contributed by atoms with E-state index in [4.69, 9.17) is 4.74 Å². The number of hydrogen-bond acceptors (Lipinski definition) is 2. The average molecular weight is 293 g/mol. The highest BCUT2D eigenvalue weighted by Gasteiger charge is 2.30. The minimum absolute atomic E-state index is 0.343. The highest BCUT2D eigenvalue weighted by atomic mass is 19.4. The van der Waals surface area contributed by atoms with Crippen LogP contribution in [0, 0.1) is 0 Å². The molecular formula is C16H14F3NO. The van der Waals surface area contributed by atoms with Gasteiger partial charge in [0.1, 0.15) is 5.75 Å². The first-order chi connectivity index (χ1) is 9.99. The standard InChI is InChI=1S/C16H14F3NO/c1-21-15-7-5-12(6-8-15)3-2-4-14-11-13(9-10-20-14)16(17,18)19/h2-3,5-11H,4H2,1H3. The zero-order chi connectivity index (χ0) is 15.3. The molecule has 0 radical (unpaired) electrons. The number of alkyl halides is 3. The van der Waals surface area contributed by atoms with Gasteiger partial charge in [-0.05, 0) is 29.8 Å². The van der Waals surface area contributed by atoms with Crippen LogP contribution >= 0.6 is 0 Å². The zero-order valence-corrected chi connectivity index (χ0v) is 11.4. The lowest BCUT2D eigenvalue weighted by Gasteiger charge is -2.06. The second-order valence-electron chi connectivity index (χ2n) is 4.41. The number of aromatic nitrogens is 1. The maximum Gasteiger partial charge on any atom is 0.416 e. The number of hydrogen-bond donors (Lipinski definition) is 0. The zero-order valence-electron chi connectivity index (χ0n) is 11.4. The van der Waals surface area contributed by atoms with E-state index >= 15 is 0 Å². The Morgan fingerprint density at radius 2 is 1.86 bits per heavy atom. The molecule has 2 rings (SSSR count). The van der Waals surface area contributed by atoms with Crippen LogP contribution in [-0.2, 0) is 12.6 Å². The van der Waals surface area contributed by atoms with Crippen LogP contribution in [0.25, 0.3) is 6.08 Å². The van der Waals surface area contributed by atoms with E-state index in [9.17, 15) is 13.2 Å². The van der Waals surface area contributed by atoms with E-state index < -0.39 is 11.7 Å². The quantitative estimate of drug-likeness (QED) is 0.835. The molecule has 1 heterocycles. The van der Waals surface area contributed by atoms with Gasteiger partial charge in [-0.1, -0.05) is 24.3 Å². The Kier molecular flexibility index (Phi) is 4.62. The summed E-state index contributed by atoms with van der Waals surface area (Å²) in [5, 5.41) is 0. The van der Waals surface area contributed by atoms with E-state index in [1.54, 1.807) is 13.2 Å². The van der Waals surface area contributed by atoms with Crippen LogP contribution in [0.1, 0.15) is 16.8 Å². The van der Waals surface area contributed by atoms with E-state index in [2.05, 4.69) is 4.98 Å². The minimum atomic E-state index is -4.34. The van der Waals surface area contributed by atoms with Crippen LogP contribution in [0.5, 0.6) is 5.75 Å². The Morgan fingerprint density at radius 1 is 1.14 bits per heavy atom. The summed E-state index contributed by atoms with van der Waals surface area (Å²) in [6, 6.07) is 9.42. The molecule has 0 bridgehead atoms. The fourth-order valence-electron chi connectivity index (χ4n) is 1.80. The van der Waals surface area contributed by atoms with Crippen molar-refractivity contribution >= 4 is 6.08 Å². The maximum atomic E-state index is 12.6. The van der Waals surface area contributed by atoms with Gasteiger partial charge < -0.3 is 4.74 Å². The van der Waals surface area contributed by atoms with E-state index in [0.717, 1.165) is 23.4 Å². The van der Waals surface area contributed by atoms with Gasteiger partial charge >= 0.3 is 6.18 Å². The number of benzene rings is 1. The van der Waals surface area contributed by atoms with Gasteiger partial charge in [-0.25, -0.2) is 0 Å². The summed E-state index contributed by atoms with van der Waals surface area (Å²) < 4.78 is 42.8. The second-order valence-corrected chi connectivity index (χ2v) is 4.41. The third-order valence-corrected chi connectivity index (χ3v) is 2.90. The second kappa shape index (κ2) is 6.43. The first-order valence-corrected chi connectivity index (χ1v) is 6.32. The number of nitrogens with zero attached hydrogens (tertiary/aromatic N) is 1. The highest BCUT2D eigenvalue weighted by Crippen LogP contribution is 2.29. The highest BCUT2D eigenvalue weighted by molar-refractivity contribution is 5.50. The fourth-order valence-corrected chi connectivity index (χ4v) is 1.80. The summed E-state index contributed by atoms with van der Waals surface area (Å²) in [6.07, 6.45) is 0.804. The van der Waals surface area contributed by atoms with E-state index in [1.807, 2.05) is 30.3 Å². The van der Waals surface area contributed by atoms with Gasteiger partial charge in [-0.2, -0.15) is 13.2 Å². The molecule has 2 aromatic rings. The molecule has 2 nitrogen and oxygen atoms in total. The van der Waals surface area contributed by atoms with Gasteiger partial charge in [0.15, 0.2) is 0 Å². The number of halogens is 3. The van der Waals surface area contributed by atoms with Crippen LogP contribution in [0.15, 0.2) is 48.7 Å². The van der Waals surface area contributed by atoms with Crippen LogP contribution in [0.2, 0.25) is 0 Å². The summed E-state index contributed by atoms with van der Waals surface area (Å²) in [6.45, 7) is 0. The third kappa shape index (κ3) is 4.34. The monoisotopic (exact) mass is 293 g/mol. The first-order valence-electron chi connectivity index (χ1n) is 6.32. The number of methoxy groups -OCH3 is 1. The summed E-state index contributed by atoms with van der Waals surface area (Å²) in [7, 11) is 1.59. The summed E-state index contributed by atoms with van der Waals surface area (Å²) in [4.78, 5) is 3.94. The van der Waals surface area contributed by atoms with Crippen molar-refractivity contribution in [3.05, 3.63) is 65.5 Å². The number of ether oxygens (including phenoxy) is 1. The van der Waals surface area contributed by atoms with Gasteiger partial charge in [0.2, 0.25) is 0 Å². The van der Waals surface area contributed by atoms with Crippen molar-refractivity contribution in [2.75, 3.05) is 7.11 Å². The smallest absolute Gasteiger partial charge is 0.416 e. The minimum Gasteiger partial charge on any atom is -0.497 e. The van der Waals surface area contributed by atoms with Crippen LogP contribution in [-0.4, -0.2) is 12.1 Å². The Balaban J connectivity index is 2.03. The third-order valence-electron chi connectivity index (χ3n) is 2.90. The van der Waals surface area contributed by atoms with Gasteiger partial charge in [-0.15, -0.1) is 0 Å². The van der Waals surface area contributed by atoms with Crippen molar-refractivity contribution in [1.82, 2.24) is 4.98 Å². The normalized spacial score (nSPS) is 11.8. The van der Waals surface area contributed by atoms with Gasteiger partial charge in [0, 0.05) is 18.3 Å². The molecule has 110 valence electrons. The largest absolute Gasteiger partial charge is 0.497 e. The van der Waals surface area contributed by atoms with Crippen molar-refractivity contribution < 1.29 is 17.9 Å². The predicted molar refractivity (Wildman–Crippen MR) is 75.0 cm³/mol. The molecule has 0 fully saturated rings. The van der Waals surface area contributed by atoms with Gasteiger partial charge in [-0.3, -0.25) is 4.98 Å². The molecule has 0 unspecified atom stereocenters. The number of rotatable bonds is 4. The molecule has 0 saturated heterocycles. The first kappa shape index (κ1) is 15.1. The lowest BCUT2D eigenvalue weighted by atomic mass is 10.1.